The SMILES string of the molecule is C#CCN(C)c1cccc(OC)c1C(C)NCCC. The fourth-order valence-corrected chi connectivity index (χ4v) is 2.16. The first-order valence-corrected chi connectivity index (χ1v) is 6.70. The highest BCUT2D eigenvalue weighted by Gasteiger charge is 2.17. The maximum Gasteiger partial charge on any atom is 0.125 e. The highest BCUT2D eigenvalue weighted by atomic mass is 16.5. The van der Waals surface area contributed by atoms with Gasteiger partial charge in [0, 0.05) is 24.3 Å². The molecule has 0 aliphatic rings. The van der Waals surface area contributed by atoms with Gasteiger partial charge in [-0.25, -0.2) is 0 Å². The van der Waals surface area contributed by atoms with Crippen molar-refractivity contribution in [2.45, 2.75) is 26.3 Å². The summed E-state index contributed by atoms with van der Waals surface area (Å²) in [4.78, 5) is 2.07. The van der Waals surface area contributed by atoms with Crippen LogP contribution in [0.25, 0.3) is 0 Å². The Balaban J connectivity index is 3.12. The number of benzene rings is 1. The van der Waals surface area contributed by atoms with Gasteiger partial charge in [0.05, 0.1) is 13.7 Å². The molecule has 3 nitrogen and oxygen atoms in total. The van der Waals surface area contributed by atoms with E-state index in [1.165, 1.54) is 0 Å². The van der Waals surface area contributed by atoms with Crippen LogP contribution in [-0.2, 0) is 0 Å². The van der Waals surface area contributed by atoms with Crippen LogP contribution in [-0.4, -0.2) is 27.2 Å². The second-order valence-electron chi connectivity index (χ2n) is 4.63. The molecule has 0 fully saturated rings. The molecule has 0 spiro atoms. The van der Waals surface area contributed by atoms with Crippen LogP contribution in [0.3, 0.4) is 0 Å². The van der Waals surface area contributed by atoms with Crippen molar-refractivity contribution < 1.29 is 4.74 Å². The number of nitrogens with one attached hydrogen (secondary N) is 1. The summed E-state index contributed by atoms with van der Waals surface area (Å²) in [5, 5.41) is 3.50. The van der Waals surface area contributed by atoms with Gasteiger partial charge < -0.3 is 15.0 Å². The highest BCUT2D eigenvalue weighted by molar-refractivity contribution is 5.61. The molecule has 0 aliphatic heterocycles. The van der Waals surface area contributed by atoms with Gasteiger partial charge in [-0.15, -0.1) is 6.42 Å². The Labute approximate surface area is 117 Å². The molecule has 0 radical (unpaired) electrons. The lowest BCUT2D eigenvalue weighted by molar-refractivity contribution is 0.402. The van der Waals surface area contributed by atoms with Crippen LogP contribution in [0, 0.1) is 12.3 Å². The summed E-state index contributed by atoms with van der Waals surface area (Å²) in [6, 6.07) is 6.30. The van der Waals surface area contributed by atoms with E-state index in [0.29, 0.717) is 6.54 Å². The Morgan fingerprint density at radius 1 is 1.47 bits per heavy atom. The molecular weight excluding hydrogens is 236 g/mol. The maximum absolute atomic E-state index is 5.50. The molecule has 0 aromatic heterocycles. The van der Waals surface area contributed by atoms with Crippen LogP contribution in [0.2, 0.25) is 0 Å². The molecule has 19 heavy (non-hydrogen) atoms. The third kappa shape index (κ3) is 3.90. The van der Waals surface area contributed by atoms with Crippen molar-refractivity contribution >= 4 is 5.69 Å². The zero-order valence-electron chi connectivity index (χ0n) is 12.4. The quantitative estimate of drug-likeness (QED) is 0.763. The Bertz CT molecular complexity index is 437. The summed E-state index contributed by atoms with van der Waals surface area (Å²) in [6.45, 7) is 5.88. The predicted octanol–water partition coefficient (Wildman–Crippen LogP) is 2.83. The molecule has 104 valence electrons. The smallest absolute Gasteiger partial charge is 0.125 e. The summed E-state index contributed by atoms with van der Waals surface area (Å²) >= 11 is 0. The van der Waals surface area contributed by atoms with Crippen LogP contribution in [0.15, 0.2) is 18.2 Å². The first kappa shape index (κ1) is 15.4. The largest absolute Gasteiger partial charge is 0.496 e. The molecular formula is C16H24N2O. The predicted molar refractivity (Wildman–Crippen MR) is 81.8 cm³/mol. The summed E-state index contributed by atoms with van der Waals surface area (Å²) < 4.78 is 5.50. The summed E-state index contributed by atoms with van der Waals surface area (Å²) in [5.41, 5.74) is 2.28. The van der Waals surface area contributed by atoms with Gasteiger partial charge in [0.25, 0.3) is 0 Å². The van der Waals surface area contributed by atoms with E-state index in [2.05, 4.69) is 36.1 Å². The fraction of sp³-hybridized carbons (Fsp3) is 0.500. The van der Waals surface area contributed by atoms with Gasteiger partial charge in [0.15, 0.2) is 0 Å². The van der Waals surface area contributed by atoms with Crippen LogP contribution < -0.4 is 15.0 Å². The van der Waals surface area contributed by atoms with Gasteiger partial charge in [-0.3, -0.25) is 0 Å². The number of nitrogens with zero attached hydrogens (tertiary/aromatic N) is 1. The molecule has 1 atom stereocenters. The topological polar surface area (TPSA) is 24.5 Å². The molecule has 0 amide bonds. The van der Waals surface area contributed by atoms with Gasteiger partial charge in [-0.2, -0.15) is 0 Å². The van der Waals surface area contributed by atoms with Gasteiger partial charge in [0.1, 0.15) is 5.75 Å². The number of rotatable bonds is 7. The van der Waals surface area contributed by atoms with Gasteiger partial charge >= 0.3 is 0 Å². The molecule has 1 N–H and O–H groups in total. The fourth-order valence-electron chi connectivity index (χ4n) is 2.16. The Hall–Kier alpha value is -1.66. The minimum absolute atomic E-state index is 0.228. The second-order valence-corrected chi connectivity index (χ2v) is 4.63. The standard InChI is InChI=1S/C16H24N2O/c1-6-11-17-13(3)16-14(18(4)12-7-2)9-8-10-15(16)19-5/h2,8-10,13,17H,6,11-12H2,1,3-5H3. The number of ether oxygens (including phenoxy) is 1. The zero-order valence-corrected chi connectivity index (χ0v) is 12.4. The van der Waals surface area contributed by atoms with Crippen LogP contribution in [0.1, 0.15) is 31.9 Å². The maximum atomic E-state index is 5.50. The van der Waals surface area contributed by atoms with Crippen molar-refractivity contribution in [1.82, 2.24) is 5.32 Å². The average molecular weight is 260 g/mol. The van der Waals surface area contributed by atoms with Crippen molar-refractivity contribution in [2.75, 3.05) is 32.1 Å². The lowest BCUT2D eigenvalue weighted by atomic mass is 10.0. The average Bonchev–Trinajstić information content (AvgIpc) is 2.44. The van der Waals surface area contributed by atoms with E-state index < -0.39 is 0 Å². The van der Waals surface area contributed by atoms with E-state index in [1.54, 1.807) is 7.11 Å². The molecule has 1 aromatic rings. The summed E-state index contributed by atoms with van der Waals surface area (Å²) in [5.74, 6) is 3.58. The minimum Gasteiger partial charge on any atom is -0.496 e. The first-order valence-electron chi connectivity index (χ1n) is 6.70. The Morgan fingerprint density at radius 2 is 2.21 bits per heavy atom. The third-order valence-electron chi connectivity index (χ3n) is 3.14. The summed E-state index contributed by atoms with van der Waals surface area (Å²) in [7, 11) is 3.71. The van der Waals surface area contributed by atoms with E-state index in [9.17, 15) is 0 Å². The van der Waals surface area contributed by atoms with Crippen molar-refractivity contribution in [3.63, 3.8) is 0 Å². The van der Waals surface area contributed by atoms with Crippen LogP contribution >= 0.6 is 0 Å². The molecule has 0 bridgehead atoms. The lowest BCUT2D eigenvalue weighted by Crippen LogP contribution is -2.25. The van der Waals surface area contributed by atoms with E-state index in [-0.39, 0.29) is 6.04 Å². The molecule has 0 saturated heterocycles. The number of anilines is 1. The van der Waals surface area contributed by atoms with Crippen LogP contribution in [0.4, 0.5) is 5.69 Å². The van der Waals surface area contributed by atoms with E-state index >= 15 is 0 Å². The minimum atomic E-state index is 0.228. The molecule has 0 aliphatic carbocycles. The lowest BCUT2D eigenvalue weighted by Gasteiger charge is -2.26. The third-order valence-corrected chi connectivity index (χ3v) is 3.14. The monoisotopic (exact) mass is 260 g/mol. The number of hydrogen-bond donors (Lipinski definition) is 1. The molecule has 0 saturated carbocycles. The van der Waals surface area contributed by atoms with Gasteiger partial charge in [-0.1, -0.05) is 18.9 Å². The van der Waals surface area contributed by atoms with Crippen molar-refractivity contribution in [3.05, 3.63) is 23.8 Å². The van der Waals surface area contributed by atoms with Crippen molar-refractivity contribution in [1.29, 1.82) is 0 Å². The van der Waals surface area contributed by atoms with Gasteiger partial charge in [-0.05, 0) is 32.0 Å². The van der Waals surface area contributed by atoms with E-state index in [1.807, 2.05) is 19.2 Å². The molecule has 1 unspecified atom stereocenters. The molecule has 3 heteroatoms. The zero-order chi connectivity index (χ0) is 14.3. The number of terminal acetylenes is 1. The van der Waals surface area contributed by atoms with Crippen molar-refractivity contribution in [3.8, 4) is 18.1 Å². The summed E-state index contributed by atoms with van der Waals surface area (Å²) in [6.07, 6.45) is 6.51. The number of hydrogen-bond acceptors (Lipinski definition) is 3. The van der Waals surface area contributed by atoms with Gasteiger partial charge in [0.2, 0.25) is 0 Å². The first-order chi connectivity index (χ1) is 9.15. The highest BCUT2D eigenvalue weighted by Crippen LogP contribution is 2.34. The normalized spacial score (nSPS) is 11.7. The molecule has 1 aromatic carbocycles. The number of methoxy groups -OCH3 is 1. The van der Waals surface area contributed by atoms with E-state index in [4.69, 9.17) is 11.2 Å². The van der Waals surface area contributed by atoms with Crippen LogP contribution in [0.5, 0.6) is 5.75 Å². The molecule has 1 rings (SSSR count). The molecule has 0 heterocycles. The Morgan fingerprint density at radius 3 is 2.79 bits per heavy atom. The Kier molecular flexibility index (Phi) is 6.24. The van der Waals surface area contributed by atoms with E-state index in [0.717, 1.165) is 30.0 Å². The second kappa shape index (κ2) is 7.70. The van der Waals surface area contributed by atoms with Crippen molar-refractivity contribution in [2.24, 2.45) is 0 Å².